The van der Waals surface area contributed by atoms with Crippen molar-refractivity contribution < 1.29 is 27.6 Å². The summed E-state index contributed by atoms with van der Waals surface area (Å²) in [6.07, 6.45) is -4.96. The Balaban J connectivity index is 1.85. The average molecular weight is 384 g/mol. The van der Waals surface area contributed by atoms with Crippen LogP contribution in [0.2, 0.25) is 0 Å². The van der Waals surface area contributed by atoms with Crippen molar-refractivity contribution in [1.29, 1.82) is 0 Å². The highest BCUT2D eigenvalue weighted by Gasteiger charge is 2.35. The molecule has 3 rings (SSSR count). The van der Waals surface area contributed by atoms with E-state index in [1.807, 2.05) is 0 Å². The second-order valence-corrected chi connectivity index (χ2v) is 6.50. The molecule has 0 amide bonds. The highest BCUT2D eigenvalue weighted by atomic mass is 19.4. The number of rotatable bonds is 4. The molecule has 5 nitrogen and oxygen atoms in total. The number of nitro benzene ring substituents is 1. The number of nitro groups is 1. The van der Waals surface area contributed by atoms with Gasteiger partial charge in [0.15, 0.2) is 0 Å². The van der Waals surface area contributed by atoms with Crippen molar-refractivity contribution in [2.75, 3.05) is 6.54 Å². The van der Waals surface area contributed by atoms with Gasteiger partial charge in [-0.25, -0.2) is 0 Å². The van der Waals surface area contributed by atoms with Crippen molar-refractivity contribution in [3.05, 3.63) is 75.1 Å². The van der Waals surface area contributed by atoms with Crippen LogP contribution in [0.4, 0.5) is 23.2 Å². The lowest BCUT2D eigenvalue weighted by Gasteiger charge is -2.25. The fraction of sp³-hybridized carbons (Fsp3) is 0.333. The number of halogens is 4. The van der Waals surface area contributed by atoms with E-state index in [0.29, 0.717) is 11.1 Å². The number of likely N-dealkylation sites (tertiary alicyclic amines) is 1. The predicted molar refractivity (Wildman–Crippen MR) is 88.3 cm³/mol. The molecule has 0 radical (unpaired) electrons. The minimum atomic E-state index is -4.47. The lowest BCUT2D eigenvalue weighted by molar-refractivity contribution is -0.387. The summed E-state index contributed by atoms with van der Waals surface area (Å²) in [6.45, 7) is 0.354. The van der Waals surface area contributed by atoms with E-state index in [4.69, 9.17) is 0 Å². The maximum absolute atomic E-state index is 13.8. The van der Waals surface area contributed by atoms with Gasteiger partial charge in [0.05, 0.1) is 16.6 Å². The molecule has 0 spiro atoms. The van der Waals surface area contributed by atoms with Crippen LogP contribution in [0.25, 0.3) is 0 Å². The summed E-state index contributed by atoms with van der Waals surface area (Å²) in [5, 5.41) is 20.7. The molecule has 1 fully saturated rings. The second-order valence-electron chi connectivity index (χ2n) is 6.50. The molecule has 27 heavy (non-hydrogen) atoms. The van der Waals surface area contributed by atoms with E-state index in [1.54, 1.807) is 11.0 Å². The van der Waals surface area contributed by atoms with Gasteiger partial charge in [0.2, 0.25) is 5.82 Å². The summed E-state index contributed by atoms with van der Waals surface area (Å²) >= 11 is 0. The molecule has 0 bridgehead atoms. The van der Waals surface area contributed by atoms with Gasteiger partial charge in [0, 0.05) is 25.2 Å². The second kappa shape index (κ2) is 7.24. The monoisotopic (exact) mass is 384 g/mol. The van der Waals surface area contributed by atoms with E-state index in [-0.39, 0.29) is 19.5 Å². The highest BCUT2D eigenvalue weighted by molar-refractivity contribution is 5.35. The third-order valence-corrected chi connectivity index (χ3v) is 4.57. The molecule has 1 aliphatic rings. The fourth-order valence-electron chi connectivity index (χ4n) is 3.35. The number of nitrogens with zero attached hydrogens (tertiary/aromatic N) is 2. The first-order chi connectivity index (χ1) is 12.6. The summed E-state index contributed by atoms with van der Waals surface area (Å²) in [4.78, 5) is 11.6. The molecule has 1 saturated heterocycles. The third kappa shape index (κ3) is 4.25. The molecule has 1 aliphatic heterocycles. The van der Waals surface area contributed by atoms with Crippen molar-refractivity contribution in [3.8, 4) is 0 Å². The molecular weight excluding hydrogens is 368 g/mol. The molecule has 144 valence electrons. The van der Waals surface area contributed by atoms with E-state index in [9.17, 15) is 32.8 Å². The molecular formula is C18H16F4N2O3. The Morgan fingerprint density at radius 1 is 1.22 bits per heavy atom. The number of hydrogen-bond acceptors (Lipinski definition) is 4. The van der Waals surface area contributed by atoms with Crippen molar-refractivity contribution in [2.24, 2.45) is 0 Å². The zero-order valence-corrected chi connectivity index (χ0v) is 14.0. The van der Waals surface area contributed by atoms with Gasteiger partial charge < -0.3 is 5.11 Å². The van der Waals surface area contributed by atoms with Crippen molar-refractivity contribution in [2.45, 2.75) is 31.3 Å². The Labute approximate surface area is 152 Å². The molecule has 2 aromatic carbocycles. The smallest absolute Gasteiger partial charge is 0.392 e. The van der Waals surface area contributed by atoms with Crippen LogP contribution < -0.4 is 0 Å². The van der Waals surface area contributed by atoms with Gasteiger partial charge in [-0.3, -0.25) is 15.0 Å². The van der Waals surface area contributed by atoms with Gasteiger partial charge in [-0.05, 0) is 35.7 Å². The van der Waals surface area contributed by atoms with Gasteiger partial charge >= 0.3 is 11.9 Å². The van der Waals surface area contributed by atoms with Crippen LogP contribution in [0, 0.1) is 15.9 Å². The molecule has 1 heterocycles. The molecule has 0 aliphatic carbocycles. The Hall–Kier alpha value is -2.52. The minimum absolute atomic E-state index is 0.146. The van der Waals surface area contributed by atoms with Crippen molar-refractivity contribution in [3.63, 3.8) is 0 Å². The first-order valence-corrected chi connectivity index (χ1v) is 8.17. The third-order valence-electron chi connectivity index (χ3n) is 4.57. The number of aliphatic hydroxyl groups excluding tert-OH is 1. The van der Waals surface area contributed by atoms with E-state index >= 15 is 0 Å². The van der Waals surface area contributed by atoms with Gasteiger partial charge in [-0.1, -0.05) is 18.2 Å². The normalized spacial score (nSPS) is 20.8. The number of aliphatic hydroxyl groups is 1. The Kier molecular flexibility index (Phi) is 5.16. The van der Waals surface area contributed by atoms with Crippen molar-refractivity contribution >= 4 is 5.69 Å². The van der Waals surface area contributed by atoms with Gasteiger partial charge in [0.25, 0.3) is 0 Å². The molecule has 0 unspecified atom stereocenters. The van der Waals surface area contributed by atoms with E-state index in [1.165, 1.54) is 12.1 Å². The summed E-state index contributed by atoms with van der Waals surface area (Å²) in [7, 11) is 0. The first kappa shape index (κ1) is 19.2. The van der Waals surface area contributed by atoms with Crippen LogP contribution in [-0.2, 0) is 12.7 Å². The van der Waals surface area contributed by atoms with Crippen molar-refractivity contribution in [1.82, 2.24) is 4.90 Å². The maximum atomic E-state index is 13.8. The first-order valence-electron chi connectivity index (χ1n) is 8.17. The molecule has 9 heteroatoms. The predicted octanol–water partition coefficient (Wildman–Crippen LogP) is 4.06. The Morgan fingerprint density at radius 3 is 2.59 bits per heavy atom. The van der Waals surface area contributed by atoms with Crippen LogP contribution in [0.3, 0.4) is 0 Å². The van der Waals surface area contributed by atoms with Gasteiger partial charge in [-0.2, -0.15) is 17.6 Å². The number of benzene rings is 2. The SMILES string of the molecule is O=[N+]([O-])c1ccc(CN2C[C@@H](O)C[C@H]2c2cccc(C(F)(F)F)c2)cc1F. The molecule has 2 atom stereocenters. The number of β-amino-alcohol motifs (C(OH)–C–C–N with tert-alkyl or cyclic N) is 1. The van der Waals surface area contributed by atoms with Crippen LogP contribution in [0.5, 0.6) is 0 Å². The molecule has 0 saturated carbocycles. The number of alkyl halides is 3. The largest absolute Gasteiger partial charge is 0.416 e. The molecule has 2 aromatic rings. The summed E-state index contributed by atoms with van der Waals surface area (Å²) < 4.78 is 52.7. The van der Waals surface area contributed by atoms with Gasteiger partial charge in [0.1, 0.15) is 0 Å². The Morgan fingerprint density at radius 2 is 1.96 bits per heavy atom. The topological polar surface area (TPSA) is 66.6 Å². The van der Waals surface area contributed by atoms with Crippen LogP contribution >= 0.6 is 0 Å². The van der Waals surface area contributed by atoms with Crippen LogP contribution in [0.15, 0.2) is 42.5 Å². The Bertz CT molecular complexity index is 857. The fourth-order valence-corrected chi connectivity index (χ4v) is 3.35. The summed E-state index contributed by atoms with van der Waals surface area (Å²) in [5.74, 6) is -0.979. The zero-order chi connectivity index (χ0) is 19.8. The zero-order valence-electron chi connectivity index (χ0n) is 14.0. The lowest BCUT2D eigenvalue weighted by atomic mass is 10.0. The maximum Gasteiger partial charge on any atom is 0.416 e. The average Bonchev–Trinajstić information content (AvgIpc) is 2.94. The lowest BCUT2D eigenvalue weighted by Crippen LogP contribution is -2.24. The van der Waals surface area contributed by atoms with E-state index in [0.717, 1.165) is 24.3 Å². The van der Waals surface area contributed by atoms with E-state index in [2.05, 4.69) is 0 Å². The van der Waals surface area contributed by atoms with Crippen LogP contribution in [-0.4, -0.2) is 27.6 Å². The van der Waals surface area contributed by atoms with Gasteiger partial charge in [-0.15, -0.1) is 0 Å². The summed E-state index contributed by atoms with van der Waals surface area (Å²) in [5.41, 5.74) is -0.578. The minimum Gasteiger partial charge on any atom is -0.392 e. The quantitative estimate of drug-likeness (QED) is 0.490. The highest BCUT2D eigenvalue weighted by Crippen LogP contribution is 2.37. The molecule has 1 N–H and O–H groups in total. The van der Waals surface area contributed by atoms with E-state index < -0.39 is 40.3 Å². The van der Waals surface area contributed by atoms with Crippen LogP contribution in [0.1, 0.15) is 29.2 Å². The summed E-state index contributed by atoms with van der Waals surface area (Å²) in [6, 6.07) is 7.91. The number of hydrogen-bond donors (Lipinski definition) is 1. The standard InChI is InChI=1S/C18H16F4N2O3/c19-15-6-11(4-5-16(15)24(26)27)9-23-10-14(25)8-17(23)12-2-1-3-13(7-12)18(20,21)22/h1-7,14,17,25H,8-10H2/t14-,17-/m0/s1. The molecule has 0 aromatic heterocycles.